The van der Waals surface area contributed by atoms with E-state index in [4.69, 9.17) is 0 Å². The Kier molecular flexibility index (Phi) is 0.961. The van der Waals surface area contributed by atoms with E-state index in [1.807, 2.05) is 12.2 Å². The molecular weight excluding hydrogens is 108 g/mol. The average molecular weight is 114 g/mol. The van der Waals surface area contributed by atoms with Gasteiger partial charge in [-0.05, 0) is 6.08 Å². The fourth-order valence-electron chi connectivity index (χ4n) is 0.443. The molecule has 0 aromatic carbocycles. The quantitative estimate of drug-likeness (QED) is 0.366. The highest BCUT2D eigenvalue weighted by Crippen LogP contribution is 2.23. The lowest BCUT2D eigenvalue weighted by Gasteiger charge is -2.09. The smallest absolute Gasteiger partial charge is 0.0761 e. The van der Waals surface area contributed by atoms with Crippen LogP contribution in [0.4, 0.5) is 0 Å². The molecule has 1 rings (SSSR count). The minimum Gasteiger partial charge on any atom is -0.0761 e. The van der Waals surface area contributed by atoms with Crippen LogP contribution in [0.5, 0.6) is 0 Å². The van der Waals surface area contributed by atoms with Gasteiger partial charge in [-0.25, -0.2) is 0 Å². The summed E-state index contributed by atoms with van der Waals surface area (Å²) in [7, 11) is 0. The first-order chi connectivity index (χ1) is 3.27. The number of allylic oxidation sites excluding steroid dienone is 1. The van der Waals surface area contributed by atoms with Gasteiger partial charge in [0, 0.05) is 17.6 Å². The van der Waals surface area contributed by atoms with Crippen LogP contribution < -0.4 is 0 Å². The van der Waals surface area contributed by atoms with Crippen LogP contribution in [-0.2, 0) is 15.9 Å². The maximum atomic E-state index is 10.0. The minimum absolute atomic E-state index is 0.306. The summed E-state index contributed by atoms with van der Waals surface area (Å²) >= 11 is 0.566. The number of hydrogen-bond acceptors (Lipinski definition) is 1. The predicted molar refractivity (Wildman–Crippen MR) is 29.9 cm³/mol. The van der Waals surface area contributed by atoms with Gasteiger partial charge in [-0.1, -0.05) is 6.08 Å². The molecule has 37 valence electrons. The normalized spacial score (nSPS) is 37.3. The third-order valence-corrected chi connectivity index (χ3v) is 1.69. The summed E-state index contributed by atoms with van der Waals surface area (Å²) in [6.45, 7) is 3.66. The molecule has 0 aromatic rings. The van der Waals surface area contributed by atoms with Crippen molar-refractivity contribution in [2.24, 2.45) is 0 Å². The second kappa shape index (κ2) is 1.37. The Bertz CT molecular complexity index is 119. The zero-order chi connectivity index (χ0) is 5.33. The third-order valence-electron chi connectivity index (χ3n) is 1.05. The molecule has 0 heterocycles. The van der Waals surface area contributed by atoms with Gasteiger partial charge in [-0.2, -0.15) is 0 Å². The molecule has 0 aromatic heterocycles. The fourth-order valence-corrected chi connectivity index (χ4v) is 0.759. The number of hydrogen-bond donors (Lipinski definition) is 0. The monoisotopic (exact) mass is 114 g/mol. The Hall–Kier alpha value is -0.240. The van der Waals surface area contributed by atoms with E-state index < -0.39 is 0 Å². The zero-order valence-corrected chi connectivity index (χ0v) is 4.70. The van der Waals surface area contributed by atoms with Gasteiger partial charge in [0.15, 0.2) is 0 Å². The second-order valence-corrected chi connectivity index (χ2v) is 2.73. The van der Waals surface area contributed by atoms with Gasteiger partial charge in [0.25, 0.3) is 4.75 Å². The van der Waals surface area contributed by atoms with Crippen molar-refractivity contribution in [2.75, 3.05) is 0 Å². The van der Waals surface area contributed by atoms with E-state index in [2.05, 4.69) is 6.92 Å². The average Bonchev–Trinajstić information content (AvgIpc) is 1.61. The summed E-state index contributed by atoms with van der Waals surface area (Å²) in [4.78, 5) is 0. The largest absolute Gasteiger partial charge is 0.470 e. The second-order valence-electron chi connectivity index (χ2n) is 1.75. The van der Waals surface area contributed by atoms with E-state index in [-0.39, 0.29) is 4.75 Å². The molecule has 1 unspecified atom stereocenters. The van der Waals surface area contributed by atoms with Gasteiger partial charge in [-0.3, -0.25) is 0 Å². The highest BCUT2D eigenvalue weighted by Gasteiger charge is 2.40. The van der Waals surface area contributed by atoms with Gasteiger partial charge >= 0.3 is 11.7 Å². The first kappa shape index (κ1) is 4.91. The minimum atomic E-state index is -0.306. The lowest BCUT2D eigenvalue weighted by atomic mass is 9.97. The summed E-state index contributed by atoms with van der Waals surface area (Å²) in [5, 5.41) is 0. The Morgan fingerprint density at radius 1 is 1.86 bits per heavy atom. The molecule has 1 radical (unpaired) electrons. The van der Waals surface area contributed by atoms with Gasteiger partial charge < -0.3 is 0 Å². The molecule has 1 atom stereocenters. The van der Waals surface area contributed by atoms with E-state index in [1.54, 1.807) is 0 Å². The Morgan fingerprint density at radius 3 is 2.43 bits per heavy atom. The molecule has 0 spiro atoms. The van der Waals surface area contributed by atoms with E-state index in [1.165, 1.54) is 0 Å². The molecule has 1 nitrogen and oxygen atoms in total. The van der Waals surface area contributed by atoms with Gasteiger partial charge in [0.05, 0.1) is 0 Å². The van der Waals surface area contributed by atoms with Crippen molar-refractivity contribution in [2.45, 2.75) is 11.2 Å². The van der Waals surface area contributed by atoms with E-state index in [0.717, 1.165) is 6.42 Å². The van der Waals surface area contributed by atoms with Crippen LogP contribution in [0.1, 0.15) is 6.42 Å². The maximum absolute atomic E-state index is 10.0. The molecule has 0 saturated carbocycles. The van der Waals surface area contributed by atoms with Crippen molar-refractivity contribution in [1.82, 2.24) is 0 Å². The van der Waals surface area contributed by atoms with E-state index in [0.29, 0.717) is 11.7 Å². The molecule has 0 N–H and O–H groups in total. The number of rotatable bonds is 1. The van der Waals surface area contributed by atoms with Crippen molar-refractivity contribution in [3.05, 3.63) is 19.1 Å². The Balaban J connectivity index is 2.64. The van der Waals surface area contributed by atoms with Crippen LogP contribution in [0.3, 0.4) is 0 Å². The van der Waals surface area contributed by atoms with Crippen LogP contribution in [-0.4, -0.2) is 4.75 Å². The summed E-state index contributed by atoms with van der Waals surface area (Å²) < 4.78 is 9.73. The Labute approximate surface area is 46.9 Å². The molecule has 0 saturated heterocycles. The summed E-state index contributed by atoms with van der Waals surface area (Å²) in [5.41, 5.74) is 0. The Morgan fingerprint density at radius 2 is 2.43 bits per heavy atom. The standard InChI is InChI=1S/C5H6OS/c1-5(7-6)3-2-4-5/h2-3H,1,4H2/q+1. The summed E-state index contributed by atoms with van der Waals surface area (Å²) in [6, 6.07) is 0. The van der Waals surface area contributed by atoms with E-state index >= 15 is 0 Å². The molecule has 0 aliphatic heterocycles. The van der Waals surface area contributed by atoms with Gasteiger partial charge in [-0.15, -0.1) is 0 Å². The summed E-state index contributed by atoms with van der Waals surface area (Å²) in [6.07, 6.45) is 4.63. The maximum Gasteiger partial charge on any atom is 0.470 e. The fraction of sp³-hybridized carbons (Fsp3) is 0.400. The van der Waals surface area contributed by atoms with Crippen LogP contribution >= 0.6 is 0 Å². The van der Waals surface area contributed by atoms with Crippen LogP contribution in [0.2, 0.25) is 0 Å². The van der Waals surface area contributed by atoms with Gasteiger partial charge in [0.2, 0.25) is 0 Å². The zero-order valence-electron chi connectivity index (χ0n) is 3.89. The lowest BCUT2D eigenvalue weighted by molar-refractivity contribution is 0.590. The van der Waals surface area contributed by atoms with Crippen molar-refractivity contribution in [3.8, 4) is 0 Å². The van der Waals surface area contributed by atoms with Crippen molar-refractivity contribution in [1.29, 1.82) is 0 Å². The lowest BCUT2D eigenvalue weighted by Crippen LogP contribution is -2.25. The summed E-state index contributed by atoms with van der Waals surface area (Å²) in [5.74, 6) is 0. The molecule has 1 aliphatic carbocycles. The first-order valence-corrected chi connectivity index (χ1v) is 2.85. The molecule has 0 bridgehead atoms. The van der Waals surface area contributed by atoms with Crippen molar-refractivity contribution < 1.29 is 4.21 Å². The van der Waals surface area contributed by atoms with Crippen LogP contribution in [0.25, 0.3) is 0 Å². The SMILES string of the molecule is [CH2]C1([S+]=O)C=CC1. The molecule has 2 heteroatoms. The highest BCUT2D eigenvalue weighted by atomic mass is 32.1. The first-order valence-electron chi connectivity index (χ1n) is 2.11. The van der Waals surface area contributed by atoms with E-state index in [9.17, 15) is 4.21 Å². The molecular formula is C5H6OS+. The van der Waals surface area contributed by atoms with Crippen LogP contribution in [0.15, 0.2) is 12.2 Å². The third kappa shape index (κ3) is 0.703. The molecule has 7 heavy (non-hydrogen) atoms. The topological polar surface area (TPSA) is 17.1 Å². The highest BCUT2D eigenvalue weighted by molar-refractivity contribution is 7.67. The van der Waals surface area contributed by atoms with Crippen LogP contribution in [0, 0.1) is 6.92 Å². The predicted octanol–water partition coefficient (Wildman–Crippen LogP) is 0.947. The van der Waals surface area contributed by atoms with Gasteiger partial charge in [0.1, 0.15) is 0 Å². The molecule has 0 fully saturated rings. The van der Waals surface area contributed by atoms with Crippen molar-refractivity contribution >= 4 is 11.7 Å². The molecule has 0 amide bonds. The molecule has 1 aliphatic rings. The van der Waals surface area contributed by atoms with Crippen molar-refractivity contribution in [3.63, 3.8) is 0 Å².